The lowest BCUT2D eigenvalue weighted by Gasteiger charge is -2.33. The van der Waals surface area contributed by atoms with Crippen molar-refractivity contribution in [2.24, 2.45) is 0 Å². The first-order valence-electron chi connectivity index (χ1n) is 6.90. The molecule has 2 heterocycles. The standard InChI is InChI=1S/C13H22N2O/c16-13-9-11(14-10-5-1-2-6-10)12-7-3-4-8-15(12)13/h10-12,14H,1-9H2. The fourth-order valence-electron chi connectivity index (χ4n) is 3.69. The molecule has 3 aliphatic rings. The predicted molar refractivity (Wildman–Crippen MR) is 63.1 cm³/mol. The maximum Gasteiger partial charge on any atom is 0.224 e. The van der Waals surface area contributed by atoms with Crippen LogP contribution >= 0.6 is 0 Å². The number of nitrogens with zero attached hydrogens (tertiary/aromatic N) is 1. The van der Waals surface area contributed by atoms with Crippen LogP contribution in [0.5, 0.6) is 0 Å². The molecule has 3 heteroatoms. The number of amides is 1. The van der Waals surface area contributed by atoms with Crippen molar-refractivity contribution in [2.45, 2.75) is 69.5 Å². The molecule has 3 nitrogen and oxygen atoms in total. The van der Waals surface area contributed by atoms with Gasteiger partial charge in [-0.05, 0) is 32.1 Å². The van der Waals surface area contributed by atoms with Crippen molar-refractivity contribution in [3.63, 3.8) is 0 Å². The molecule has 1 amide bonds. The van der Waals surface area contributed by atoms with Gasteiger partial charge in [-0.15, -0.1) is 0 Å². The third-order valence-corrected chi connectivity index (χ3v) is 4.53. The minimum absolute atomic E-state index is 0.389. The second-order valence-electron chi connectivity index (χ2n) is 5.61. The van der Waals surface area contributed by atoms with E-state index in [1.807, 2.05) is 0 Å². The Morgan fingerprint density at radius 1 is 1.06 bits per heavy atom. The average molecular weight is 222 g/mol. The van der Waals surface area contributed by atoms with Crippen molar-refractivity contribution in [1.82, 2.24) is 10.2 Å². The first kappa shape index (κ1) is 10.6. The van der Waals surface area contributed by atoms with E-state index < -0.39 is 0 Å². The highest BCUT2D eigenvalue weighted by atomic mass is 16.2. The van der Waals surface area contributed by atoms with Crippen LogP contribution in [0.4, 0.5) is 0 Å². The van der Waals surface area contributed by atoms with Gasteiger partial charge in [-0.2, -0.15) is 0 Å². The van der Waals surface area contributed by atoms with Crippen molar-refractivity contribution in [3.8, 4) is 0 Å². The summed E-state index contributed by atoms with van der Waals surface area (Å²) in [5.41, 5.74) is 0. The van der Waals surface area contributed by atoms with Gasteiger partial charge in [0.1, 0.15) is 0 Å². The zero-order valence-corrected chi connectivity index (χ0v) is 9.95. The average Bonchev–Trinajstić information content (AvgIpc) is 2.90. The van der Waals surface area contributed by atoms with Gasteiger partial charge in [0.15, 0.2) is 0 Å². The quantitative estimate of drug-likeness (QED) is 0.771. The molecule has 0 aromatic heterocycles. The smallest absolute Gasteiger partial charge is 0.224 e. The highest BCUT2D eigenvalue weighted by Gasteiger charge is 2.41. The zero-order chi connectivity index (χ0) is 11.0. The molecule has 16 heavy (non-hydrogen) atoms. The van der Waals surface area contributed by atoms with Crippen molar-refractivity contribution in [1.29, 1.82) is 0 Å². The third-order valence-electron chi connectivity index (χ3n) is 4.53. The van der Waals surface area contributed by atoms with E-state index in [0.29, 0.717) is 24.0 Å². The summed E-state index contributed by atoms with van der Waals surface area (Å²) in [5, 5.41) is 3.74. The fraction of sp³-hybridized carbons (Fsp3) is 0.923. The van der Waals surface area contributed by atoms with E-state index in [9.17, 15) is 4.79 Å². The summed E-state index contributed by atoms with van der Waals surface area (Å²) < 4.78 is 0. The SMILES string of the molecule is O=C1CC(NC2CCCC2)C2CCCCN12. The number of carbonyl (C=O) groups is 1. The van der Waals surface area contributed by atoms with E-state index in [0.717, 1.165) is 13.0 Å². The second-order valence-corrected chi connectivity index (χ2v) is 5.61. The summed E-state index contributed by atoms with van der Waals surface area (Å²) >= 11 is 0. The van der Waals surface area contributed by atoms with Crippen LogP contribution in [0.1, 0.15) is 51.4 Å². The number of hydrogen-bond acceptors (Lipinski definition) is 2. The summed E-state index contributed by atoms with van der Waals surface area (Å²) in [5.74, 6) is 0.389. The third kappa shape index (κ3) is 1.86. The van der Waals surface area contributed by atoms with Gasteiger partial charge in [-0.3, -0.25) is 4.79 Å². The van der Waals surface area contributed by atoms with Crippen LogP contribution in [0.25, 0.3) is 0 Å². The Balaban J connectivity index is 1.64. The van der Waals surface area contributed by atoms with Crippen LogP contribution in [-0.2, 0) is 4.79 Å². The molecule has 2 atom stereocenters. The predicted octanol–water partition coefficient (Wildman–Crippen LogP) is 1.67. The second kappa shape index (κ2) is 4.36. The molecule has 0 aromatic carbocycles. The Morgan fingerprint density at radius 2 is 1.81 bits per heavy atom. The molecule has 0 spiro atoms. The molecule has 3 rings (SSSR count). The summed E-state index contributed by atoms with van der Waals surface area (Å²) in [7, 11) is 0. The van der Waals surface area contributed by atoms with E-state index in [1.54, 1.807) is 0 Å². The molecule has 3 fully saturated rings. The fourth-order valence-corrected chi connectivity index (χ4v) is 3.69. The number of fused-ring (bicyclic) bond motifs is 1. The molecule has 0 bridgehead atoms. The van der Waals surface area contributed by atoms with Gasteiger partial charge in [0.2, 0.25) is 5.91 Å². The van der Waals surface area contributed by atoms with E-state index >= 15 is 0 Å². The van der Waals surface area contributed by atoms with Gasteiger partial charge >= 0.3 is 0 Å². The summed E-state index contributed by atoms with van der Waals surface area (Å²) in [6.07, 6.45) is 9.85. The van der Waals surface area contributed by atoms with Crippen LogP contribution in [0.15, 0.2) is 0 Å². The first-order valence-corrected chi connectivity index (χ1v) is 6.90. The minimum atomic E-state index is 0.389. The van der Waals surface area contributed by atoms with Crippen LogP contribution in [0.3, 0.4) is 0 Å². The van der Waals surface area contributed by atoms with E-state index in [-0.39, 0.29) is 0 Å². The molecule has 1 saturated carbocycles. The molecular formula is C13H22N2O. The van der Waals surface area contributed by atoms with E-state index in [1.165, 1.54) is 44.9 Å². The highest BCUT2D eigenvalue weighted by Crippen LogP contribution is 2.30. The van der Waals surface area contributed by atoms with Gasteiger partial charge < -0.3 is 10.2 Å². The summed E-state index contributed by atoms with van der Waals surface area (Å²) in [6.45, 7) is 1.01. The highest BCUT2D eigenvalue weighted by molar-refractivity contribution is 5.80. The van der Waals surface area contributed by atoms with Crippen molar-refractivity contribution in [3.05, 3.63) is 0 Å². The molecule has 90 valence electrons. The van der Waals surface area contributed by atoms with Crippen LogP contribution < -0.4 is 5.32 Å². The van der Waals surface area contributed by atoms with Gasteiger partial charge in [0, 0.05) is 31.1 Å². The lowest BCUT2D eigenvalue weighted by atomic mass is 9.98. The zero-order valence-electron chi connectivity index (χ0n) is 9.95. The summed E-state index contributed by atoms with van der Waals surface area (Å²) in [6, 6.07) is 1.66. The van der Waals surface area contributed by atoms with Gasteiger partial charge in [-0.25, -0.2) is 0 Å². The number of piperidine rings is 1. The van der Waals surface area contributed by atoms with Crippen molar-refractivity contribution >= 4 is 5.91 Å². The van der Waals surface area contributed by atoms with Crippen molar-refractivity contribution < 1.29 is 4.79 Å². The lowest BCUT2D eigenvalue weighted by Crippen LogP contribution is -2.47. The number of hydrogen-bond donors (Lipinski definition) is 1. The Labute approximate surface area is 97.6 Å². The molecule has 1 N–H and O–H groups in total. The Morgan fingerprint density at radius 3 is 2.62 bits per heavy atom. The van der Waals surface area contributed by atoms with Gasteiger partial charge in [0.25, 0.3) is 0 Å². The van der Waals surface area contributed by atoms with E-state index in [4.69, 9.17) is 0 Å². The van der Waals surface area contributed by atoms with Gasteiger partial charge in [-0.1, -0.05) is 12.8 Å². The van der Waals surface area contributed by atoms with Crippen molar-refractivity contribution in [2.75, 3.05) is 6.54 Å². The normalized spacial score (nSPS) is 35.8. The largest absolute Gasteiger partial charge is 0.338 e. The first-order chi connectivity index (χ1) is 7.84. The maximum absolute atomic E-state index is 11.9. The Hall–Kier alpha value is -0.570. The minimum Gasteiger partial charge on any atom is -0.338 e. The number of rotatable bonds is 2. The topological polar surface area (TPSA) is 32.3 Å². The number of carbonyl (C=O) groups excluding carboxylic acids is 1. The van der Waals surface area contributed by atoms with Gasteiger partial charge in [0.05, 0.1) is 0 Å². The van der Waals surface area contributed by atoms with Crippen LogP contribution in [0, 0.1) is 0 Å². The van der Waals surface area contributed by atoms with Crippen LogP contribution in [-0.4, -0.2) is 35.5 Å². The molecule has 2 unspecified atom stereocenters. The summed E-state index contributed by atoms with van der Waals surface area (Å²) in [4.78, 5) is 14.0. The van der Waals surface area contributed by atoms with E-state index in [2.05, 4.69) is 10.2 Å². The van der Waals surface area contributed by atoms with Crippen LogP contribution in [0.2, 0.25) is 0 Å². The maximum atomic E-state index is 11.9. The molecule has 0 aromatic rings. The molecule has 1 aliphatic carbocycles. The Kier molecular flexibility index (Phi) is 2.88. The lowest BCUT2D eigenvalue weighted by molar-refractivity contribution is -0.129. The monoisotopic (exact) mass is 222 g/mol. The molecule has 0 radical (unpaired) electrons. The molecule has 2 saturated heterocycles. The number of nitrogens with one attached hydrogen (secondary N) is 1. The Bertz CT molecular complexity index is 273. The molecular weight excluding hydrogens is 200 g/mol. The molecule has 2 aliphatic heterocycles.